The van der Waals surface area contributed by atoms with E-state index >= 15 is 0 Å². The largest absolute Gasteiger partial charge is 0.264 e. The molecule has 1 aromatic rings. The Kier molecular flexibility index (Phi) is 2.00. The maximum absolute atomic E-state index is 13.0. The van der Waals surface area contributed by atoms with Gasteiger partial charge in [-0.1, -0.05) is 6.92 Å². The van der Waals surface area contributed by atoms with Gasteiger partial charge < -0.3 is 0 Å². The lowest BCUT2D eigenvalue weighted by Crippen LogP contribution is -1.92. The predicted octanol–water partition coefficient (Wildman–Crippen LogP) is 2.09. The molecule has 0 aliphatic rings. The van der Waals surface area contributed by atoms with E-state index in [1.165, 1.54) is 6.20 Å². The molecular weight excluding hydrogens is 129 g/mol. The Morgan fingerprint density at radius 3 is 2.70 bits per heavy atom. The van der Waals surface area contributed by atoms with Gasteiger partial charge in [0.25, 0.3) is 0 Å². The smallest absolute Gasteiger partial charge is 0.132 e. The van der Waals surface area contributed by atoms with Crippen LogP contribution >= 0.6 is 0 Å². The van der Waals surface area contributed by atoms with Crippen molar-refractivity contribution in [2.75, 3.05) is 0 Å². The van der Waals surface area contributed by atoms with Gasteiger partial charge in [0.05, 0.1) is 0 Å². The summed E-state index contributed by atoms with van der Waals surface area (Å²) in [5.74, 6) is -0.113. The van der Waals surface area contributed by atoms with Crippen LogP contribution in [0.3, 0.4) is 0 Å². The molecule has 54 valence electrons. The van der Waals surface area contributed by atoms with Crippen molar-refractivity contribution < 1.29 is 4.39 Å². The second-order valence-corrected chi connectivity index (χ2v) is 2.28. The maximum atomic E-state index is 13.0. The Labute approximate surface area is 59.9 Å². The van der Waals surface area contributed by atoms with Crippen molar-refractivity contribution in [1.82, 2.24) is 4.98 Å². The van der Waals surface area contributed by atoms with E-state index in [0.717, 1.165) is 0 Å². The zero-order valence-electron chi connectivity index (χ0n) is 6.19. The molecule has 0 aromatic carbocycles. The molecule has 0 fully saturated rings. The molecule has 0 unspecified atom stereocenters. The van der Waals surface area contributed by atoms with E-state index in [-0.39, 0.29) is 5.82 Å². The molecule has 0 bridgehead atoms. The minimum absolute atomic E-state index is 0.113. The highest BCUT2D eigenvalue weighted by Crippen LogP contribution is 2.09. The van der Waals surface area contributed by atoms with Crippen LogP contribution in [0, 0.1) is 12.7 Å². The predicted molar refractivity (Wildman–Crippen MR) is 38.3 cm³/mol. The van der Waals surface area contributed by atoms with Crippen molar-refractivity contribution in [3.05, 3.63) is 29.3 Å². The van der Waals surface area contributed by atoms with Crippen molar-refractivity contribution in [3.8, 4) is 0 Å². The zero-order valence-corrected chi connectivity index (χ0v) is 6.19. The first kappa shape index (κ1) is 7.19. The highest BCUT2D eigenvalue weighted by Gasteiger charge is 2.01. The van der Waals surface area contributed by atoms with Gasteiger partial charge in [0.15, 0.2) is 0 Å². The molecule has 0 spiro atoms. The fourth-order valence-corrected chi connectivity index (χ4v) is 0.852. The van der Waals surface area contributed by atoms with Crippen molar-refractivity contribution in [2.24, 2.45) is 0 Å². The molecule has 2 heteroatoms. The Morgan fingerprint density at radius 2 is 2.20 bits per heavy atom. The van der Waals surface area contributed by atoms with Gasteiger partial charge >= 0.3 is 0 Å². The van der Waals surface area contributed by atoms with Gasteiger partial charge in [-0.15, -0.1) is 0 Å². The first-order chi connectivity index (χ1) is 4.75. The second kappa shape index (κ2) is 2.78. The van der Waals surface area contributed by atoms with Gasteiger partial charge in [-0.3, -0.25) is 4.98 Å². The molecule has 1 nitrogen and oxygen atoms in total. The Balaban J connectivity index is 3.14. The van der Waals surface area contributed by atoms with Crippen LogP contribution in [0.2, 0.25) is 0 Å². The van der Waals surface area contributed by atoms with E-state index in [0.29, 0.717) is 17.5 Å². The van der Waals surface area contributed by atoms with E-state index < -0.39 is 0 Å². The molecule has 1 aromatic heterocycles. The molecule has 0 saturated heterocycles. The molecule has 0 radical (unpaired) electrons. The number of pyridine rings is 1. The summed E-state index contributed by atoms with van der Waals surface area (Å²) in [5.41, 5.74) is 1.32. The first-order valence-corrected chi connectivity index (χ1v) is 3.34. The molecule has 0 saturated carbocycles. The van der Waals surface area contributed by atoms with Gasteiger partial charge in [-0.2, -0.15) is 0 Å². The Bertz CT molecular complexity index is 233. The zero-order chi connectivity index (χ0) is 7.56. The number of rotatable bonds is 1. The average molecular weight is 139 g/mol. The van der Waals surface area contributed by atoms with Crippen LogP contribution in [0.5, 0.6) is 0 Å². The Morgan fingerprint density at radius 1 is 1.50 bits per heavy atom. The SMILES string of the molecule is CCc1cncc(C)c1F. The second-order valence-electron chi connectivity index (χ2n) is 2.28. The fourth-order valence-electron chi connectivity index (χ4n) is 0.852. The maximum Gasteiger partial charge on any atom is 0.132 e. The summed E-state index contributed by atoms with van der Waals surface area (Å²) in [6.45, 7) is 3.64. The summed E-state index contributed by atoms with van der Waals surface area (Å²) in [7, 11) is 0. The molecule has 0 aliphatic heterocycles. The summed E-state index contributed by atoms with van der Waals surface area (Å²) in [5, 5.41) is 0. The minimum atomic E-state index is -0.113. The van der Waals surface area contributed by atoms with Gasteiger partial charge in [-0.05, 0) is 13.3 Å². The van der Waals surface area contributed by atoms with Gasteiger partial charge in [0, 0.05) is 23.5 Å². The number of halogens is 1. The fraction of sp³-hybridized carbons (Fsp3) is 0.375. The van der Waals surface area contributed by atoms with Crippen LogP contribution in [0.1, 0.15) is 18.1 Å². The van der Waals surface area contributed by atoms with Crippen molar-refractivity contribution in [3.63, 3.8) is 0 Å². The third-order valence-corrected chi connectivity index (χ3v) is 1.51. The number of aryl methyl sites for hydroxylation is 2. The van der Waals surface area contributed by atoms with Crippen LogP contribution in [-0.4, -0.2) is 4.98 Å². The summed E-state index contributed by atoms with van der Waals surface area (Å²) in [4.78, 5) is 3.88. The molecule has 0 amide bonds. The van der Waals surface area contributed by atoms with E-state index in [4.69, 9.17) is 0 Å². The van der Waals surface area contributed by atoms with Crippen LogP contribution in [0.15, 0.2) is 12.4 Å². The summed E-state index contributed by atoms with van der Waals surface area (Å²) < 4.78 is 13.0. The van der Waals surface area contributed by atoms with Gasteiger partial charge in [0.2, 0.25) is 0 Å². The normalized spacial score (nSPS) is 9.90. The number of hydrogen-bond donors (Lipinski definition) is 0. The van der Waals surface area contributed by atoms with Crippen LogP contribution < -0.4 is 0 Å². The summed E-state index contributed by atoms with van der Waals surface area (Å²) >= 11 is 0. The monoisotopic (exact) mass is 139 g/mol. The third-order valence-electron chi connectivity index (χ3n) is 1.51. The number of aromatic nitrogens is 1. The molecule has 0 N–H and O–H groups in total. The number of nitrogens with zero attached hydrogens (tertiary/aromatic N) is 1. The summed E-state index contributed by atoms with van der Waals surface area (Å²) in [6, 6.07) is 0. The highest BCUT2D eigenvalue weighted by atomic mass is 19.1. The quantitative estimate of drug-likeness (QED) is 0.580. The van der Waals surface area contributed by atoms with E-state index in [1.807, 2.05) is 6.92 Å². The van der Waals surface area contributed by atoms with Crippen LogP contribution in [-0.2, 0) is 6.42 Å². The summed E-state index contributed by atoms with van der Waals surface area (Å²) in [6.07, 6.45) is 3.82. The van der Waals surface area contributed by atoms with Crippen molar-refractivity contribution in [2.45, 2.75) is 20.3 Å². The van der Waals surface area contributed by atoms with Crippen LogP contribution in [0.25, 0.3) is 0 Å². The Hall–Kier alpha value is -0.920. The molecule has 1 rings (SSSR count). The van der Waals surface area contributed by atoms with Crippen molar-refractivity contribution >= 4 is 0 Å². The lowest BCUT2D eigenvalue weighted by Gasteiger charge is -1.99. The van der Waals surface area contributed by atoms with Crippen LogP contribution in [0.4, 0.5) is 4.39 Å². The molecule has 0 atom stereocenters. The van der Waals surface area contributed by atoms with Gasteiger partial charge in [-0.25, -0.2) is 4.39 Å². The lowest BCUT2D eigenvalue weighted by molar-refractivity contribution is 0.600. The average Bonchev–Trinajstić information content (AvgIpc) is 1.95. The minimum Gasteiger partial charge on any atom is -0.264 e. The van der Waals surface area contributed by atoms with Gasteiger partial charge in [0.1, 0.15) is 5.82 Å². The topological polar surface area (TPSA) is 12.9 Å². The molecule has 1 heterocycles. The van der Waals surface area contributed by atoms with E-state index in [9.17, 15) is 4.39 Å². The third kappa shape index (κ3) is 1.15. The van der Waals surface area contributed by atoms with E-state index in [1.54, 1.807) is 13.1 Å². The lowest BCUT2D eigenvalue weighted by atomic mass is 10.2. The molecular formula is C8H10FN. The van der Waals surface area contributed by atoms with E-state index in [2.05, 4.69) is 4.98 Å². The standard InChI is InChI=1S/C8H10FN/c1-3-7-5-10-4-6(2)8(7)9/h4-5H,3H2,1-2H3. The highest BCUT2D eigenvalue weighted by molar-refractivity contribution is 5.19. The van der Waals surface area contributed by atoms with Crippen molar-refractivity contribution in [1.29, 1.82) is 0 Å². The number of hydrogen-bond acceptors (Lipinski definition) is 1. The first-order valence-electron chi connectivity index (χ1n) is 3.34. The molecule has 10 heavy (non-hydrogen) atoms. The molecule has 0 aliphatic carbocycles.